The number of rotatable bonds is 5. The molecule has 0 radical (unpaired) electrons. The second kappa shape index (κ2) is 7.12. The number of aryl methyl sites for hydroxylation is 1. The zero-order valence-corrected chi connectivity index (χ0v) is 13.5. The van der Waals surface area contributed by atoms with Crippen molar-refractivity contribution in [1.29, 1.82) is 0 Å². The van der Waals surface area contributed by atoms with Crippen LogP contribution in [0.5, 0.6) is 5.75 Å². The molecule has 2 aromatic rings. The first-order chi connectivity index (χ1) is 11.6. The van der Waals surface area contributed by atoms with Gasteiger partial charge >= 0.3 is 0 Å². The van der Waals surface area contributed by atoms with Gasteiger partial charge in [-0.1, -0.05) is 0 Å². The Labute approximate surface area is 140 Å². The minimum atomic E-state index is -0.0992. The minimum absolute atomic E-state index is 0.0211. The van der Waals surface area contributed by atoms with Crippen molar-refractivity contribution in [3.63, 3.8) is 0 Å². The van der Waals surface area contributed by atoms with Gasteiger partial charge in [-0.15, -0.1) is 0 Å². The van der Waals surface area contributed by atoms with E-state index in [9.17, 15) is 9.59 Å². The van der Waals surface area contributed by atoms with Crippen molar-refractivity contribution >= 4 is 17.5 Å². The van der Waals surface area contributed by atoms with E-state index in [1.807, 2.05) is 24.3 Å². The first-order valence-corrected chi connectivity index (χ1v) is 7.80. The van der Waals surface area contributed by atoms with Crippen LogP contribution in [0.1, 0.15) is 17.5 Å². The highest BCUT2D eigenvalue weighted by atomic mass is 16.5. The van der Waals surface area contributed by atoms with Gasteiger partial charge in [-0.25, -0.2) is 0 Å². The molecule has 0 saturated heterocycles. The molecule has 3 rings (SSSR count). The molecule has 6 nitrogen and oxygen atoms in total. The average molecular weight is 325 g/mol. The number of amides is 2. The maximum absolute atomic E-state index is 12.2. The van der Waals surface area contributed by atoms with Gasteiger partial charge in [0, 0.05) is 38.1 Å². The summed E-state index contributed by atoms with van der Waals surface area (Å²) < 4.78 is 5.60. The SMILES string of the molecule is CN(Cc1ccncc1)C(=O)COc1ccc2c(c1)CCC(=O)N2. The Morgan fingerprint density at radius 2 is 2.04 bits per heavy atom. The molecule has 0 saturated carbocycles. The maximum atomic E-state index is 12.2. The van der Waals surface area contributed by atoms with Crippen LogP contribution in [0.3, 0.4) is 0 Å². The Kier molecular flexibility index (Phi) is 4.74. The predicted octanol–water partition coefficient (Wildman–Crippen LogP) is 2.00. The van der Waals surface area contributed by atoms with Gasteiger partial charge in [0.15, 0.2) is 6.61 Å². The number of nitrogens with one attached hydrogen (secondary N) is 1. The van der Waals surface area contributed by atoms with Gasteiger partial charge in [0.1, 0.15) is 5.75 Å². The van der Waals surface area contributed by atoms with Gasteiger partial charge in [-0.3, -0.25) is 14.6 Å². The number of pyridine rings is 1. The number of anilines is 1. The molecule has 0 atom stereocenters. The summed E-state index contributed by atoms with van der Waals surface area (Å²) in [5.41, 5.74) is 2.87. The Morgan fingerprint density at radius 3 is 2.83 bits per heavy atom. The van der Waals surface area contributed by atoms with E-state index >= 15 is 0 Å². The first kappa shape index (κ1) is 16.0. The number of aromatic nitrogens is 1. The van der Waals surface area contributed by atoms with Crippen LogP contribution >= 0.6 is 0 Å². The van der Waals surface area contributed by atoms with E-state index in [2.05, 4.69) is 10.3 Å². The molecule has 0 fully saturated rings. The second-order valence-electron chi connectivity index (χ2n) is 5.76. The number of nitrogens with zero attached hydrogens (tertiary/aromatic N) is 2. The molecular weight excluding hydrogens is 306 g/mol. The molecule has 2 heterocycles. The summed E-state index contributed by atoms with van der Waals surface area (Å²) in [5.74, 6) is 0.567. The quantitative estimate of drug-likeness (QED) is 0.913. The van der Waals surface area contributed by atoms with Crippen molar-refractivity contribution in [2.24, 2.45) is 0 Å². The lowest BCUT2D eigenvalue weighted by molar-refractivity contribution is -0.132. The monoisotopic (exact) mass is 325 g/mol. The third kappa shape index (κ3) is 3.90. The number of fused-ring (bicyclic) bond motifs is 1. The molecule has 1 aliphatic heterocycles. The van der Waals surface area contributed by atoms with Crippen molar-refractivity contribution < 1.29 is 14.3 Å². The molecule has 24 heavy (non-hydrogen) atoms. The van der Waals surface area contributed by atoms with Gasteiger partial charge in [-0.2, -0.15) is 0 Å². The Balaban J connectivity index is 1.55. The van der Waals surface area contributed by atoms with E-state index in [4.69, 9.17) is 4.74 Å². The van der Waals surface area contributed by atoms with Crippen LogP contribution in [0.25, 0.3) is 0 Å². The molecule has 6 heteroatoms. The topological polar surface area (TPSA) is 71.5 Å². The normalized spacial score (nSPS) is 13.0. The van der Waals surface area contributed by atoms with Crippen molar-refractivity contribution in [2.45, 2.75) is 19.4 Å². The fourth-order valence-electron chi connectivity index (χ4n) is 2.56. The van der Waals surface area contributed by atoms with Crippen LogP contribution < -0.4 is 10.1 Å². The lowest BCUT2D eigenvalue weighted by Crippen LogP contribution is -2.31. The maximum Gasteiger partial charge on any atom is 0.260 e. The molecule has 0 spiro atoms. The number of ether oxygens (including phenoxy) is 1. The van der Waals surface area contributed by atoms with E-state index in [-0.39, 0.29) is 18.4 Å². The summed E-state index contributed by atoms with van der Waals surface area (Å²) in [6.07, 6.45) is 4.57. The summed E-state index contributed by atoms with van der Waals surface area (Å²) in [6, 6.07) is 9.21. The molecule has 0 bridgehead atoms. The highest BCUT2D eigenvalue weighted by molar-refractivity contribution is 5.94. The molecule has 1 N–H and O–H groups in total. The highest BCUT2D eigenvalue weighted by Gasteiger charge is 2.16. The Bertz CT molecular complexity index is 746. The lowest BCUT2D eigenvalue weighted by Gasteiger charge is -2.19. The van der Waals surface area contributed by atoms with Crippen molar-refractivity contribution in [3.8, 4) is 5.75 Å². The number of hydrogen-bond acceptors (Lipinski definition) is 4. The second-order valence-corrected chi connectivity index (χ2v) is 5.76. The lowest BCUT2D eigenvalue weighted by atomic mass is 10.0. The molecule has 0 aliphatic carbocycles. The number of benzene rings is 1. The Hall–Kier alpha value is -2.89. The van der Waals surface area contributed by atoms with E-state index in [1.54, 1.807) is 30.4 Å². The van der Waals surface area contributed by atoms with Gasteiger partial charge in [-0.05, 0) is 47.9 Å². The standard InChI is InChI=1S/C18H19N3O3/c1-21(11-13-6-8-19-9-7-13)18(23)12-24-15-3-4-16-14(10-15)2-5-17(22)20-16/h3-4,6-10H,2,5,11-12H2,1H3,(H,20,22). The van der Waals surface area contributed by atoms with Crippen LogP contribution in [-0.4, -0.2) is 35.4 Å². The van der Waals surface area contributed by atoms with E-state index < -0.39 is 0 Å². The number of hydrogen-bond donors (Lipinski definition) is 1. The molecule has 1 aromatic heterocycles. The third-order valence-electron chi connectivity index (χ3n) is 3.93. The van der Waals surface area contributed by atoms with E-state index in [1.165, 1.54) is 0 Å². The van der Waals surface area contributed by atoms with E-state index in [0.29, 0.717) is 25.1 Å². The van der Waals surface area contributed by atoms with Crippen LogP contribution in [0, 0.1) is 0 Å². The van der Waals surface area contributed by atoms with Crippen molar-refractivity contribution in [2.75, 3.05) is 19.0 Å². The molecular formula is C18H19N3O3. The van der Waals surface area contributed by atoms with Gasteiger partial charge in [0.2, 0.25) is 5.91 Å². The van der Waals surface area contributed by atoms with Crippen molar-refractivity contribution in [3.05, 3.63) is 53.9 Å². The van der Waals surface area contributed by atoms with Gasteiger partial charge < -0.3 is 15.0 Å². The first-order valence-electron chi connectivity index (χ1n) is 7.80. The van der Waals surface area contributed by atoms with Crippen LogP contribution in [-0.2, 0) is 22.6 Å². The Morgan fingerprint density at radius 1 is 1.25 bits per heavy atom. The highest BCUT2D eigenvalue weighted by Crippen LogP contribution is 2.26. The summed E-state index contributed by atoms with van der Waals surface area (Å²) >= 11 is 0. The van der Waals surface area contributed by atoms with Gasteiger partial charge in [0.05, 0.1) is 0 Å². The number of carbonyl (C=O) groups is 2. The zero-order valence-electron chi connectivity index (χ0n) is 13.5. The van der Waals surface area contributed by atoms with Gasteiger partial charge in [0.25, 0.3) is 5.91 Å². The fraction of sp³-hybridized carbons (Fsp3) is 0.278. The molecule has 0 unspecified atom stereocenters. The fourth-order valence-corrected chi connectivity index (χ4v) is 2.56. The van der Waals surface area contributed by atoms with E-state index in [0.717, 1.165) is 16.8 Å². The molecule has 1 aliphatic rings. The molecule has 2 amide bonds. The molecule has 124 valence electrons. The predicted molar refractivity (Wildman–Crippen MR) is 89.6 cm³/mol. The summed E-state index contributed by atoms with van der Waals surface area (Å²) in [6.45, 7) is 0.494. The summed E-state index contributed by atoms with van der Waals surface area (Å²) in [5, 5.41) is 2.82. The number of likely N-dealkylation sites (N-methyl/N-ethyl adjacent to an activating group) is 1. The largest absolute Gasteiger partial charge is 0.484 e. The zero-order chi connectivity index (χ0) is 16.9. The minimum Gasteiger partial charge on any atom is -0.484 e. The summed E-state index contributed by atoms with van der Waals surface area (Å²) in [7, 11) is 1.74. The summed E-state index contributed by atoms with van der Waals surface area (Å²) in [4.78, 5) is 29.1. The van der Waals surface area contributed by atoms with Crippen LogP contribution in [0.15, 0.2) is 42.7 Å². The van der Waals surface area contributed by atoms with Crippen LogP contribution in [0.2, 0.25) is 0 Å². The van der Waals surface area contributed by atoms with Crippen LogP contribution in [0.4, 0.5) is 5.69 Å². The van der Waals surface area contributed by atoms with Crippen molar-refractivity contribution in [1.82, 2.24) is 9.88 Å². The number of carbonyl (C=O) groups excluding carboxylic acids is 2. The average Bonchev–Trinajstić information content (AvgIpc) is 2.60. The smallest absolute Gasteiger partial charge is 0.260 e. The third-order valence-corrected chi connectivity index (χ3v) is 3.93. The molecule has 1 aromatic carbocycles.